The lowest BCUT2D eigenvalue weighted by atomic mass is 9.90. The molecule has 0 spiro atoms. The molecule has 4 heteroatoms. The second kappa shape index (κ2) is 8.88. The van der Waals surface area contributed by atoms with E-state index < -0.39 is 0 Å². The largest absolute Gasteiger partial charge is 0.375 e. The molecule has 0 radical (unpaired) electrons. The van der Waals surface area contributed by atoms with Gasteiger partial charge in [0.25, 0.3) is 0 Å². The maximum atomic E-state index is 11.9. The van der Waals surface area contributed by atoms with E-state index in [1.54, 1.807) is 0 Å². The van der Waals surface area contributed by atoms with E-state index in [9.17, 15) is 4.79 Å². The molecule has 1 fully saturated rings. The number of nitrogens with zero attached hydrogens (tertiary/aromatic N) is 2. The number of ether oxygens (including phenoxy) is 1. The summed E-state index contributed by atoms with van der Waals surface area (Å²) in [6.45, 7) is 15.6. The van der Waals surface area contributed by atoms with Gasteiger partial charge in [0.05, 0.1) is 12.7 Å². The molecule has 1 aliphatic rings. The average Bonchev–Trinajstić information content (AvgIpc) is 2.43. The van der Waals surface area contributed by atoms with Crippen molar-refractivity contribution in [2.24, 2.45) is 11.3 Å². The molecule has 0 N–H and O–H groups in total. The lowest BCUT2D eigenvalue weighted by Crippen LogP contribution is -2.44. The van der Waals surface area contributed by atoms with Gasteiger partial charge >= 0.3 is 0 Å². The van der Waals surface area contributed by atoms with E-state index in [0.717, 1.165) is 39.2 Å². The zero-order valence-electron chi connectivity index (χ0n) is 15.5. The number of hydrogen-bond donors (Lipinski definition) is 0. The van der Waals surface area contributed by atoms with Gasteiger partial charge < -0.3 is 9.64 Å². The molecule has 0 bridgehead atoms. The average molecular weight is 312 g/mol. The fourth-order valence-corrected chi connectivity index (χ4v) is 2.88. The summed E-state index contributed by atoms with van der Waals surface area (Å²) in [4.78, 5) is 16.2. The van der Waals surface area contributed by atoms with Crippen LogP contribution in [0, 0.1) is 11.3 Å². The highest BCUT2D eigenvalue weighted by molar-refractivity contribution is 5.77. The minimum atomic E-state index is 0.0752. The van der Waals surface area contributed by atoms with Crippen molar-refractivity contribution in [3.8, 4) is 0 Å². The Morgan fingerprint density at radius 3 is 2.64 bits per heavy atom. The van der Waals surface area contributed by atoms with Crippen LogP contribution >= 0.6 is 0 Å². The lowest BCUT2D eigenvalue weighted by Gasteiger charge is -2.34. The Labute approximate surface area is 137 Å². The zero-order chi connectivity index (χ0) is 16.8. The summed E-state index contributed by atoms with van der Waals surface area (Å²) in [6, 6.07) is 0. The highest BCUT2D eigenvalue weighted by Crippen LogP contribution is 2.21. The number of carbonyl (C=O) groups is 1. The first-order chi connectivity index (χ1) is 10.2. The standard InChI is InChI=1S/C18H36N2O2/c1-15(2)17(21)19(6)11-8-16-14-20(12-13-22-16)10-7-9-18(3,4)5/h15-16H,7-14H2,1-6H3/t16-/m0/s1. The Balaban J connectivity index is 2.27. The van der Waals surface area contributed by atoms with E-state index in [1.807, 2.05) is 25.8 Å². The Hall–Kier alpha value is -0.610. The van der Waals surface area contributed by atoms with Crippen LogP contribution < -0.4 is 0 Å². The molecule has 0 unspecified atom stereocenters. The second-order valence-electron chi connectivity index (χ2n) is 8.16. The molecule has 1 aliphatic heterocycles. The summed E-state index contributed by atoms with van der Waals surface area (Å²) in [5.41, 5.74) is 0.422. The first-order valence-electron chi connectivity index (χ1n) is 8.78. The number of carbonyl (C=O) groups excluding carboxylic acids is 1. The third-order valence-electron chi connectivity index (χ3n) is 4.28. The maximum Gasteiger partial charge on any atom is 0.224 e. The number of rotatable bonds is 7. The van der Waals surface area contributed by atoms with Gasteiger partial charge in [0, 0.05) is 32.6 Å². The number of hydrogen-bond acceptors (Lipinski definition) is 3. The van der Waals surface area contributed by atoms with Gasteiger partial charge in [-0.2, -0.15) is 0 Å². The quantitative estimate of drug-likeness (QED) is 0.724. The molecule has 0 aliphatic carbocycles. The van der Waals surface area contributed by atoms with Gasteiger partial charge in [-0.1, -0.05) is 34.6 Å². The molecule has 1 atom stereocenters. The lowest BCUT2D eigenvalue weighted by molar-refractivity contribution is -0.133. The Bertz CT molecular complexity index is 336. The van der Waals surface area contributed by atoms with Gasteiger partial charge in [-0.15, -0.1) is 0 Å². The van der Waals surface area contributed by atoms with Crippen LogP contribution in [0.25, 0.3) is 0 Å². The first-order valence-corrected chi connectivity index (χ1v) is 8.78. The Morgan fingerprint density at radius 1 is 1.36 bits per heavy atom. The first kappa shape index (κ1) is 19.4. The van der Waals surface area contributed by atoms with Crippen molar-refractivity contribution in [2.75, 3.05) is 39.8 Å². The van der Waals surface area contributed by atoms with E-state index in [4.69, 9.17) is 4.74 Å². The fraction of sp³-hybridized carbons (Fsp3) is 0.944. The molecule has 1 saturated heterocycles. The summed E-state index contributed by atoms with van der Waals surface area (Å²) >= 11 is 0. The zero-order valence-corrected chi connectivity index (χ0v) is 15.5. The van der Waals surface area contributed by atoms with Gasteiger partial charge in [-0.05, 0) is 31.2 Å². The summed E-state index contributed by atoms with van der Waals surface area (Å²) in [6.07, 6.45) is 3.72. The van der Waals surface area contributed by atoms with E-state index in [-0.39, 0.29) is 17.9 Å². The predicted octanol–water partition coefficient (Wildman–Crippen LogP) is 3.02. The molecule has 0 aromatic rings. The number of amides is 1. The molecular weight excluding hydrogens is 276 g/mol. The molecule has 0 aromatic heterocycles. The molecule has 130 valence electrons. The maximum absolute atomic E-state index is 11.9. The summed E-state index contributed by atoms with van der Waals surface area (Å²) < 4.78 is 5.87. The van der Waals surface area contributed by atoms with Crippen LogP contribution in [0.15, 0.2) is 0 Å². The van der Waals surface area contributed by atoms with Gasteiger partial charge in [-0.3, -0.25) is 9.69 Å². The van der Waals surface area contributed by atoms with Crippen molar-refractivity contribution in [1.29, 1.82) is 0 Å². The highest BCUT2D eigenvalue weighted by atomic mass is 16.5. The smallest absolute Gasteiger partial charge is 0.224 e. The summed E-state index contributed by atoms with van der Waals surface area (Å²) in [5, 5.41) is 0. The Kier molecular flexibility index (Phi) is 7.84. The summed E-state index contributed by atoms with van der Waals surface area (Å²) in [7, 11) is 1.90. The van der Waals surface area contributed by atoms with Crippen molar-refractivity contribution in [3.05, 3.63) is 0 Å². The van der Waals surface area contributed by atoms with Gasteiger partial charge in [0.15, 0.2) is 0 Å². The van der Waals surface area contributed by atoms with E-state index in [2.05, 4.69) is 25.7 Å². The molecule has 22 heavy (non-hydrogen) atoms. The van der Waals surface area contributed by atoms with Crippen LogP contribution in [-0.2, 0) is 9.53 Å². The van der Waals surface area contributed by atoms with Crippen LogP contribution in [0.4, 0.5) is 0 Å². The molecule has 1 amide bonds. The van der Waals surface area contributed by atoms with Crippen molar-refractivity contribution in [1.82, 2.24) is 9.80 Å². The third kappa shape index (κ3) is 7.59. The van der Waals surface area contributed by atoms with Crippen molar-refractivity contribution in [3.63, 3.8) is 0 Å². The third-order valence-corrected chi connectivity index (χ3v) is 4.28. The second-order valence-corrected chi connectivity index (χ2v) is 8.16. The van der Waals surface area contributed by atoms with Crippen LogP contribution in [0.1, 0.15) is 53.9 Å². The minimum absolute atomic E-state index is 0.0752. The van der Waals surface area contributed by atoms with Crippen LogP contribution in [0.5, 0.6) is 0 Å². The monoisotopic (exact) mass is 312 g/mol. The number of morpholine rings is 1. The Morgan fingerprint density at radius 2 is 2.05 bits per heavy atom. The molecular formula is C18H36N2O2. The van der Waals surface area contributed by atoms with Crippen LogP contribution in [-0.4, -0.2) is 61.6 Å². The molecule has 1 heterocycles. The van der Waals surface area contributed by atoms with Gasteiger partial charge in [0.1, 0.15) is 0 Å². The minimum Gasteiger partial charge on any atom is -0.375 e. The molecule has 1 rings (SSSR count). The van der Waals surface area contributed by atoms with Gasteiger partial charge in [0.2, 0.25) is 5.91 Å². The van der Waals surface area contributed by atoms with E-state index >= 15 is 0 Å². The van der Waals surface area contributed by atoms with Crippen molar-refractivity contribution in [2.45, 2.75) is 60.0 Å². The fourth-order valence-electron chi connectivity index (χ4n) is 2.88. The van der Waals surface area contributed by atoms with Gasteiger partial charge in [-0.25, -0.2) is 0 Å². The molecule has 4 nitrogen and oxygen atoms in total. The van der Waals surface area contributed by atoms with Crippen LogP contribution in [0.3, 0.4) is 0 Å². The SMILES string of the molecule is CC(C)C(=O)N(C)CC[C@H]1CN(CCCC(C)(C)C)CCO1. The van der Waals surface area contributed by atoms with E-state index in [1.165, 1.54) is 12.8 Å². The van der Waals surface area contributed by atoms with Crippen LogP contribution in [0.2, 0.25) is 0 Å². The van der Waals surface area contributed by atoms with Crippen molar-refractivity contribution < 1.29 is 9.53 Å². The topological polar surface area (TPSA) is 32.8 Å². The molecule has 0 aromatic carbocycles. The molecule has 0 saturated carbocycles. The predicted molar refractivity (Wildman–Crippen MR) is 92.0 cm³/mol. The van der Waals surface area contributed by atoms with Crippen molar-refractivity contribution >= 4 is 5.91 Å². The normalized spacial score (nSPS) is 20.4. The van der Waals surface area contributed by atoms with E-state index in [0.29, 0.717) is 5.41 Å². The summed E-state index contributed by atoms with van der Waals surface area (Å²) in [5.74, 6) is 0.295. The highest BCUT2D eigenvalue weighted by Gasteiger charge is 2.22.